The van der Waals surface area contributed by atoms with E-state index in [0.29, 0.717) is 0 Å². The number of nitrogens with two attached hydrogens (primary N) is 1. The average Bonchev–Trinajstić information content (AvgIpc) is 2.82. The van der Waals surface area contributed by atoms with E-state index in [0.717, 1.165) is 32.1 Å². The number of hydrogen-bond donors (Lipinski definition) is 2. The summed E-state index contributed by atoms with van der Waals surface area (Å²) in [4.78, 5) is 3.53. The zero-order valence-corrected chi connectivity index (χ0v) is 8.31. The first kappa shape index (κ1) is 8.50. The van der Waals surface area contributed by atoms with Crippen molar-refractivity contribution in [2.45, 2.75) is 38.4 Å². The molecule has 3 N–H and O–H groups in total. The Labute approximate surface area is 83.6 Å². The summed E-state index contributed by atoms with van der Waals surface area (Å²) < 4.78 is 5.42. The summed E-state index contributed by atoms with van der Waals surface area (Å²) in [6.07, 6.45) is 3.69. The molecule has 14 heavy (non-hydrogen) atoms. The fourth-order valence-electron chi connectivity index (χ4n) is 2.36. The molecule has 3 rings (SSSR count). The fraction of sp³-hybridized carbons (Fsp3) is 0.636. The van der Waals surface area contributed by atoms with Crippen molar-refractivity contribution in [2.75, 3.05) is 6.54 Å². The van der Waals surface area contributed by atoms with Gasteiger partial charge < -0.3 is 15.5 Å². The maximum absolute atomic E-state index is 5.65. The van der Waals surface area contributed by atoms with Crippen LogP contribution in [0.15, 0.2) is 0 Å². The Morgan fingerprint density at radius 3 is 2.93 bits per heavy atom. The molecular weight excluding hydrogens is 176 g/mol. The maximum atomic E-state index is 5.65. The Kier molecular flexibility index (Phi) is 1.89. The molecule has 1 saturated carbocycles. The second-order valence-corrected chi connectivity index (χ2v) is 4.28. The molecule has 0 aromatic carbocycles. The normalized spacial score (nSPS) is 20.1. The Hall–Kier alpha value is -0.800. The smallest absolute Gasteiger partial charge is 0.0874 e. The van der Waals surface area contributed by atoms with Crippen LogP contribution in [-0.4, -0.2) is 11.5 Å². The van der Waals surface area contributed by atoms with Gasteiger partial charge in [0.15, 0.2) is 0 Å². The second-order valence-electron chi connectivity index (χ2n) is 4.28. The lowest BCUT2D eigenvalue weighted by Gasteiger charge is -2.03. The van der Waals surface area contributed by atoms with Crippen LogP contribution in [0, 0.1) is 0 Å². The minimum Gasteiger partial charge on any atom is -0.370 e. The standard InChI is InChI=1S/C11H16N2O/c12-4-3-8-9-5-14-6-10(9)13-11(8)7-1-2-7/h7,13H,1-6,12H2. The van der Waals surface area contributed by atoms with Gasteiger partial charge in [0.25, 0.3) is 0 Å². The highest BCUT2D eigenvalue weighted by Crippen LogP contribution is 2.43. The van der Waals surface area contributed by atoms with Crippen LogP contribution in [0.1, 0.15) is 41.3 Å². The van der Waals surface area contributed by atoms with Crippen molar-refractivity contribution in [3.8, 4) is 0 Å². The highest BCUT2D eigenvalue weighted by molar-refractivity contribution is 5.41. The van der Waals surface area contributed by atoms with Crippen LogP contribution in [-0.2, 0) is 24.4 Å². The molecule has 1 aromatic rings. The zero-order chi connectivity index (χ0) is 9.54. The lowest BCUT2D eigenvalue weighted by Crippen LogP contribution is -2.05. The van der Waals surface area contributed by atoms with Crippen molar-refractivity contribution in [3.63, 3.8) is 0 Å². The molecule has 0 atom stereocenters. The highest BCUT2D eigenvalue weighted by atomic mass is 16.5. The van der Waals surface area contributed by atoms with Gasteiger partial charge in [0.2, 0.25) is 0 Å². The molecule has 76 valence electrons. The van der Waals surface area contributed by atoms with E-state index in [9.17, 15) is 0 Å². The summed E-state index contributed by atoms with van der Waals surface area (Å²) in [5.74, 6) is 0.794. The van der Waals surface area contributed by atoms with Gasteiger partial charge in [-0.2, -0.15) is 0 Å². The van der Waals surface area contributed by atoms with Crippen LogP contribution >= 0.6 is 0 Å². The first-order valence-corrected chi connectivity index (χ1v) is 5.40. The van der Waals surface area contributed by atoms with Crippen molar-refractivity contribution in [1.29, 1.82) is 0 Å². The molecule has 0 amide bonds. The minimum absolute atomic E-state index is 0.740. The van der Waals surface area contributed by atoms with Gasteiger partial charge in [0.1, 0.15) is 0 Å². The minimum atomic E-state index is 0.740. The topological polar surface area (TPSA) is 51.0 Å². The summed E-state index contributed by atoms with van der Waals surface area (Å²) >= 11 is 0. The molecule has 1 fully saturated rings. The van der Waals surface area contributed by atoms with Crippen LogP contribution in [0.5, 0.6) is 0 Å². The van der Waals surface area contributed by atoms with Gasteiger partial charge in [-0.3, -0.25) is 0 Å². The molecule has 0 unspecified atom stereocenters. The van der Waals surface area contributed by atoms with E-state index in [1.54, 1.807) is 0 Å². The van der Waals surface area contributed by atoms with Crippen molar-refractivity contribution in [2.24, 2.45) is 5.73 Å². The van der Waals surface area contributed by atoms with Crippen LogP contribution in [0.3, 0.4) is 0 Å². The number of hydrogen-bond acceptors (Lipinski definition) is 2. The Morgan fingerprint density at radius 2 is 2.21 bits per heavy atom. The molecule has 3 nitrogen and oxygen atoms in total. The molecule has 0 radical (unpaired) electrons. The third kappa shape index (κ3) is 1.20. The fourth-order valence-corrected chi connectivity index (χ4v) is 2.36. The number of H-pyrrole nitrogens is 1. The van der Waals surface area contributed by atoms with Crippen molar-refractivity contribution in [3.05, 3.63) is 22.5 Å². The first-order chi connectivity index (χ1) is 6.90. The molecule has 2 aliphatic rings. The molecule has 0 bridgehead atoms. The van der Waals surface area contributed by atoms with Crippen molar-refractivity contribution < 1.29 is 4.74 Å². The third-order valence-electron chi connectivity index (χ3n) is 3.21. The van der Waals surface area contributed by atoms with Crippen LogP contribution < -0.4 is 5.73 Å². The number of nitrogens with one attached hydrogen (secondary N) is 1. The van der Waals surface area contributed by atoms with Gasteiger partial charge in [-0.25, -0.2) is 0 Å². The van der Waals surface area contributed by atoms with Crippen LogP contribution in [0.25, 0.3) is 0 Å². The molecule has 0 spiro atoms. The predicted octanol–water partition coefficient (Wildman–Crippen LogP) is 1.42. The average molecular weight is 192 g/mol. The summed E-state index contributed by atoms with van der Waals surface area (Å²) in [7, 11) is 0. The number of aromatic nitrogens is 1. The van der Waals surface area contributed by atoms with Crippen molar-refractivity contribution >= 4 is 0 Å². The summed E-state index contributed by atoms with van der Waals surface area (Å²) in [6, 6.07) is 0. The Bertz CT molecular complexity index is 352. The molecule has 1 aliphatic carbocycles. The van der Waals surface area contributed by atoms with E-state index in [1.165, 1.54) is 35.4 Å². The lowest BCUT2D eigenvalue weighted by molar-refractivity contribution is 0.132. The molecule has 0 saturated heterocycles. The van der Waals surface area contributed by atoms with E-state index in [-0.39, 0.29) is 0 Å². The molecule has 1 aromatic heterocycles. The summed E-state index contributed by atoms with van der Waals surface area (Å²) in [5.41, 5.74) is 11.3. The number of ether oxygens (including phenoxy) is 1. The van der Waals surface area contributed by atoms with Gasteiger partial charge in [0, 0.05) is 17.0 Å². The molecule has 1 aliphatic heterocycles. The van der Waals surface area contributed by atoms with E-state index in [4.69, 9.17) is 10.5 Å². The largest absolute Gasteiger partial charge is 0.370 e. The van der Waals surface area contributed by atoms with Gasteiger partial charge in [-0.15, -0.1) is 0 Å². The number of rotatable bonds is 3. The number of aromatic amines is 1. The van der Waals surface area contributed by atoms with Gasteiger partial charge >= 0.3 is 0 Å². The van der Waals surface area contributed by atoms with E-state index >= 15 is 0 Å². The Balaban J connectivity index is 2.01. The highest BCUT2D eigenvalue weighted by Gasteiger charge is 2.31. The summed E-state index contributed by atoms with van der Waals surface area (Å²) in [6.45, 7) is 2.29. The van der Waals surface area contributed by atoms with Crippen LogP contribution in [0.2, 0.25) is 0 Å². The first-order valence-electron chi connectivity index (χ1n) is 5.40. The second kappa shape index (κ2) is 3.11. The van der Waals surface area contributed by atoms with Crippen LogP contribution in [0.4, 0.5) is 0 Å². The quantitative estimate of drug-likeness (QED) is 0.761. The predicted molar refractivity (Wildman–Crippen MR) is 54.0 cm³/mol. The lowest BCUT2D eigenvalue weighted by atomic mass is 10.0. The van der Waals surface area contributed by atoms with Gasteiger partial charge in [0.05, 0.1) is 13.2 Å². The third-order valence-corrected chi connectivity index (χ3v) is 3.21. The monoisotopic (exact) mass is 192 g/mol. The number of fused-ring (bicyclic) bond motifs is 1. The van der Waals surface area contributed by atoms with E-state index in [2.05, 4.69) is 4.98 Å². The zero-order valence-electron chi connectivity index (χ0n) is 8.31. The van der Waals surface area contributed by atoms with E-state index < -0.39 is 0 Å². The van der Waals surface area contributed by atoms with Gasteiger partial charge in [-0.1, -0.05) is 0 Å². The molecule has 2 heterocycles. The Morgan fingerprint density at radius 1 is 1.36 bits per heavy atom. The molecule has 3 heteroatoms. The van der Waals surface area contributed by atoms with Gasteiger partial charge in [-0.05, 0) is 37.3 Å². The molecular formula is C11H16N2O. The van der Waals surface area contributed by atoms with E-state index in [1.807, 2.05) is 0 Å². The maximum Gasteiger partial charge on any atom is 0.0874 e. The van der Waals surface area contributed by atoms with Crippen molar-refractivity contribution in [1.82, 2.24) is 4.98 Å². The SMILES string of the molecule is NCCc1c(C2CC2)[nH]c2c1COC2. The summed E-state index contributed by atoms with van der Waals surface area (Å²) in [5, 5.41) is 0.